The van der Waals surface area contributed by atoms with Crippen molar-refractivity contribution in [3.63, 3.8) is 0 Å². The number of piperazine rings is 1. The van der Waals surface area contributed by atoms with Gasteiger partial charge in [-0.2, -0.15) is 0 Å². The van der Waals surface area contributed by atoms with Crippen molar-refractivity contribution < 1.29 is 4.39 Å². The Morgan fingerprint density at radius 3 is 2.33 bits per heavy atom. The largest absolute Gasteiger partial charge is 0.367 e. The number of imidazole rings is 1. The van der Waals surface area contributed by atoms with Gasteiger partial charge in [0.05, 0.1) is 12.2 Å². The van der Waals surface area contributed by atoms with E-state index in [-0.39, 0.29) is 23.1 Å². The van der Waals surface area contributed by atoms with Crippen LogP contribution < -0.4 is 16.1 Å². The van der Waals surface area contributed by atoms with E-state index in [4.69, 9.17) is 0 Å². The Labute approximate surface area is 173 Å². The van der Waals surface area contributed by atoms with Crippen LogP contribution in [0, 0.1) is 5.82 Å². The highest BCUT2D eigenvalue weighted by molar-refractivity contribution is 5.71. The lowest BCUT2D eigenvalue weighted by Gasteiger charge is -2.36. The highest BCUT2D eigenvalue weighted by atomic mass is 19.1. The molecule has 160 valence electrons. The summed E-state index contributed by atoms with van der Waals surface area (Å²) >= 11 is 0. The van der Waals surface area contributed by atoms with Crippen molar-refractivity contribution in [1.29, 1.82) is 0 Å². The molecule has 0 saturated carbocycles. The molecular weight excluding hydrogens is 387 g/mol. The average Bonchev–Trinajstić information content (AvgIpc) is 3.11. The summed E-state index contributed by atoms with van der Waals surface area (Å²) in [5.74, 6) is 0.557. The molecule has 1 aromatic carbocycles. The lowest BCUT2D eigenvalue weighted by atomic mass is 10.2. The summed E-state index contributed by atoms with van der Waals surface area (Å²) in [5, 5.41) is 0. The molecule has 0 N–H and O–H groups in total. The highest BCUT2D eigenvalue weighted by Gasteiger charge is 2.24. The Morgan fingerprint density at radius 2 is 1.70 bits per heavy atom. The van der Waals surface area contributed by atoms with Crippen LogP contribution in [0.4, 0.5) is 10.1 Å². The van der Waals surface area contributed by atoms with Gasteiger partial charge >= 0.3 is 5.69 Å². The molecule has 3 aromatic rings. The molecule has 0 unspecified atom stereocenters. The van der Waals surface area contributed by atoms with Crippen LogP contribution in [-0.2, 0) is 20.6 Å². The third-order valence-corrected chi connectivity index (χ3v) is 5.81. The summed E-state index contributed by atoms with van der Waals surface area (Å²) in [4.78, 5) is 34.1. The van der Waals surface area contributed by atoms with Crippen molar-refractivity contribution in [2.45, 2.75) is 26.4 Å². The molecule has 0 bridgehead atoms. The second-order valence-electron chi connectivity index (χ2n) is 8.08. The zero-order chi connectivity index (χ0) is 21.6. The molecule has 1 aliphatic heterocycles. The van der Waals surface area contributed by atoms with Gasteiger partial charge in [-0.25, -0.2) is 14.2 Å². The first-order valence-corrected chi connectivity index (χ1v) is 10.2. The predicted octanol–water partition coefficient (Wildman–Crippen LogP) is 1.48. The molecule has 0 aliphatic carbocycles. The van der Waals surface area contributed by atoms with Crippen LogP contribution in [0.25, 0.3) is 11.2 Å². The Bertz CT molecular complexity index is 1200. The number of anilines is 1. The van der Waals surface area contributed by atoms with Gasteiger partial charge in [-0.3, -0.25) is 18.8 Å². The Hall–Kier alpha value is -2.94. The number of hydrogen-bond acceptors (Lipinski definition) is 5. The summed E-state index contributed by atoms with van der Waals surface area (Å²) in [7, 11) is 3.13. The van der Waals surface area contributed by atoms with Crippen molar-refractivity contribution >= 4 is 16.9 Å². The minimum Gasteiger partial charge on any atom is -0.367 e. The van der Waals surface area contributed by atoms with Gasteiger partial charge in [0.15, 0.2) is 11.2 Å². The fourth-order valence-corrected chi connectivity index (χ4v) is 4.18. The predicted molar refractivity (Wildman–Crippen MR) is 114 cm³/mol. The van der Waals surface area contributed by atoms with E-state index in [1.807, 2.05) is 24.5 Å². The number of aromatic nitrogens is 4. The minimum atomic E-state index is -0.383. The summed E-state index contributed by atoms with van der Waals surface area (Å²) in [5.41, 5.74) is 0.785. The molecule has 30 heavy (non-hydrogen) atoms. The van der Waals surface area contributed by atoms with Gasteiger partial charge in [0.2, 0.25) is 0 Å². The summed E-state index contributed by atoms with van der Waals surface area (Å²) < 4.78 is 18.6. The molecule has 8 nitrogen and oxygen atoms in total. The normalized spacial score (nSPS) is 15.5. The first-order valence-electron chi connectivity index (χ1n) is 10.2. The van der Waals surface area contributed by atoms with Crippen LogP contribution in [-0.4, -0.2) is 49.8 Å². The van der Waals surface area contributed by atoms with Crippen LogP contribution in [0.3, 0.4) is 0 Å². The maximum absolute atomic E-state index is 14.1. The van der Waals surface area contributed by atoms with Gasteiger partial charge in [0.1, 0.15) is 11.6 Å². The summed E-state index contributed by atoms with van der Waals surface area (Å²) in [6.45, 7) is 7.51. The number of fused-ring (bicyclic) bond motifs is 1. The van der Waals surface area contributed by atoms with Crippen molar-refractivity contribution in [1.82, 2.24) is 23.6 Å². The van der Waals surface area contributed by atoms with E-state index in [9.17, 15) is 14.0 Å². The van der Waals surface area contributed by atoms with E-state index < -0.39 is 0 Å². The third kappa shape index (κ3) is 3.32. The van der Waals surface area contributed by atoms with Gasteiger partial charge < -0.3 is 9.47 Å². The van der Waals surface area contributed by atoms with Gasteiger partial charge in [0.25, 0.3) is 5.56 Å². The standard InChI is InChI=1S/C21H27FN6O2/c1-14(2)28-17(23-19-18(28)20(29)25(4)21(30)24(19)3)13-26-9-11-27(12-10-26)16-8-6-5-7-15(16)22/h5-8,14H,9-13H2,1-4H3. The summed E-state index contributed by atoms with van der Waals surface area (Å²) in [6.07, 6.45) is 0. The van der Waals surface area contributed by atoms with Gasteiger partial charge in [-0.15, -0.1) is 0 Å². The lowest BCUT2D eigenvalue weighted by Crippen LogP contribution is -2.46. The first-order chi connectivity index (χ1) is 14.3. The van der Waals surface area contributed by atoms with Gasteiger partial charge in [-0.1, -0.05) is 12.1 Å². The van der Waals surface area contributed by atoms with E-state index in [0.29, 0.717) is 36.5 Å². The molecule has 9 heteroatoms. The number of aryl methyl sites for hydroxylation is 1. The van der Waals surface area contributed by atoms with Crippen LogP contribution in [0.15, 0.2) is 33.9 Å². The van der Waals surface area contributed by atoms with Crippen molar-refractivity contribution in [2.24, 2.45) is 14.1 Å². The number of hydrogen-bond donors (Lipinski definition) is 0. The zero-order valence-corrected chi connectivity index (χ0v) is 17.8. The number of para-hydroxylation sites is 1. The van der Waals surface area contributed by atoms with Crippen LogP contribution in [0.1, 0.15) is 25.7 Å². The number of rotatable bonds is 4. The van der Waals surface area contributed by atoms with E-state index in [2.05, 4.69) is 14.8 Å². The molecule has 4 rings (SSSR count). The Balaban J connectivity index is 1.62. The maximum atomic E-state index is 14.1. The molecule has 0 radical (unpaired) electrons. The second-order valence-corrected chi connectivity index (χ2v) is 8.08. The van der Waals surface area contributed by atoms with Crippen molar-refractivity contribution in [2.75, 3.05) is 31.1 Å². The van der Waals surface area contributed by atoms with E-state index >= 15 is 0 Å². The van der Waals surface area contributed by atoms with E-state index in [1.165, 1.54) is 17.7 Å². The van der Waals surface area contributed by atoms with Crippen molar-refractivity contribution in [3.8, 4) is 0 Å². The fourth-order valence-electron chi connectivity index (χ4n) is 4.18. The molecule has 0 spiro atoms. The van der Waals surface area contributed by atoms with Crippen LogP contribution in [0.5, 0.6) is 0 Å². The molecule has 1 saturated heterocycles. The first kappa shape index (κ1) is 20.3. The van der Waals surface area contributed by atoms with Crippen LogP contribution >= 0.6 is 0 Å². The Kier molecular flexibility index (Phi) is 5.23. The molecule has 1 aliphatic rings. The third-order valence-electron chi connectivity index (χ3n) is 5.81. The maximum Gasteiger partial charge on any atom is 0.332 e. The smallest absolute Gasteiger partial charge is 0.332 e. The highest BCUT2D eigenvalue weighted by Crippen LogP contribution is 2.22. The minimum absolute atomic E-state index is 0.0231. The van der Waals surface area contributed by atoms with E-state index in [0.717, 1.165) is 23.5 Å². The SMILES string of the molecule is CC(C)n1c(CN2CCN(c3ccccc3F)CC2)nc2c1c(=O)n(C)c(=O)n2C. The molecule has 0 amide bonds. The monoisotopic (exact) mass is 414 g/mol. The van der Waals surface area contributed by atoms with Gasteiger partial charge in [-0.05, 0) is 26.0 Å². The fraction of sp³-hybridized carbons (Fsp3) is 0.476. The van der Waals surface area contributed by atoms with Gasteiger partial charge in [0, 0.05) is 46.3 Å². The second kappa shape index (κ2) is 7.71. The quantitative estimate of drug-likeness (QED) is 0.647. The Morgan fingerprint density at radius 1 is 1.03 bits per heavy atom. The molecule has 3 heterocycles. The molecule has 1 fully saturated rings. The van der Waals surface area contributed by atoms with Crippen LogP contribution in [0.2, 0.25) is 0 Å². The van der Waals surface area contributed by atoms with Crippen molar-refractivity contribution in [3.05, 3.63) is 56.7 Å². The lowest BCUT2D eigenvalue weighted by molar-refractivity contribution is 0.239. The molecule has 2 aromatic heterocycles. The number of halogens is 1. The topological polar surface area (TPSA) is 68.3 Å². The molecule has 0 atom stereocenters. The number of nitrogens with zero attached hydrogens (tertiary/aromatic N) is 6. The zero-order valence-electron chi connectivity index (χ0n) is 17.8. The number of benzene rings is 1. The average molecular weight is 414 g/mol. The summed E-state index contributed by atoms with van der Waals surface area (Å²) in [6, 6.07) is 6.86. The van der Waals surface area contributed by atoms with E-state index in [1.54, 1.807) is 19.2 Å². The molecular formula is C21H27FN6O2.